The van der Waals surface area contributed by atoms with E-state index >= 15 is 0 Å². The second kappa shape index (κ2) is 10.5. The van der Waals surface area contributed by atoms with Gasteiger partial charge >= 0.3 is 0 Å². The fraction of sp³-hybridized carbons (Fsp3) is 0.176. The zero-order valence-electron chi connectivity index (χ0n) is 15.4. The Balaban J connectivity index is 2.15. The average Bonchev–Trinajstić information content (AvgIpc) is 2.71. The SMILES string of the molecule is O=C(NC(NC(=S)NCc1ccccc1)C(Cl)(Cl)Cl)c1cc([N+](=O)[O-])cc([N+](=O)[O-])c1. The van der Waals surface area contributed by atoms with Gasteiger partial charge in [0.1, 0.15) is 6.17 Å². The molecule has 0 heterocycles. The molecule has 2 rings (SSSR count). The molecule has 0 saturated carbocycles. The number of carbonyl (C=O) groups is 1. The summed E-state index contributed by atoms with van der Waals surface area (Å²) in [6, 6.07) is 11.7. The Morgan fingerprint density at radius 2 is 1.55 bits per heavy atom. The van der Waals surface area contributed by atoms with Crippen LogP contribution in [-0.2, 0) is 6.54 Å². The summed E-state index contributed by atoms with van der Waals surface area (Å²) < 4.78 is -2.08. The fourth-order valence-electron chi connectivity index (χ4n) is 2.31. The average molecular weight is 507 g/mol. The van der Waals surface area contributed by atoms with E-state index < -0.39 is 37.1 Å². The van der Waals surface area contributed by atoms with Crippen molar-refractivity contribution in [3.05, 3.63) is 79.9 Å². The molecule has 0 aliphatic heterocycles. The van der Waals surface area contributed by atoms with E-state index in [0.29, 0.717) is 6.54 Å². The number of non-ortho nitro benzene ring substituents is 2. The molecule has 0 fully saturated rings. The van der Waals surface area contributed by atoms with E-state index in [1.807, 2.05) is 30.3 Å². The number of alkyl halides is 3. The number of nitrogens with one attached hydrogen (secondary N) is 3. The topological polar surface area (TPSA) is 139 Å². The van der Waals surface area contributed by atoms with Gasteiger partial charge in [0.15, 0.2) is 5.11 Å². The van der Waals surface area contributed by atoms with Crippen molar-refractivity contribution < 1.29 is 14.6 Å². The van der Waals surface area contributed by atoms with Gasteiger partial charge in [0.2, 0.25) is 3.79 Å². The summed E-state index contributed by atoms with van der Waals surface area (Å²) in [5, 5.41) is 29.9. The van der Waals surface area contributed by atoms with Crippen molar-refractivity contribution in [2.75, 3.05) is 0 Å². The minimum absolute atomic E-state index is 0.0468. The number of rotatable bonds is 7. The summed E-state index contributed by atoms with van der Waals surface area (Å²) in [7, 11) is 0. The summed E-state index contributed by atoms with van der Waals surface area (Å²) in [6.07, 6.45) is -1.36. The number of nitro benzene ring substituents is 2. The fourth-order valence-corrected chi connectivity index (χ4v) is 2.83. The van der Waals surface area contributed by atoms with E-state index in [1.54, 1.807) is 0 Å². The Kier molecular flexibility index (Phi) is 8.34. The molecule has 0 saturated heterocycles. The maximum Gasteiger partial charge on any atom is 0.277 e. The highest BCUT2D eigenvalue weighted by Gasteiger charge is 2.35. The van der Waals surface area contributed by atoms with Crippen molar-refractivity contribution in [2.45, 2.75) is 16.5 Å². The van der Waals surface area contributed by atoms with E-state index in [4.69, 9.17) is 47.0 Å². The maximum atomic E-state index is 12.6. The highest BCUT2D eigenvalue weighted by molar-refractivity contribution is 7.80. The van der Waals surface area contributed by atoms with Crippen LogP contribution in [0, 0.1) is 20.2 Å². The lowest BCUT2D eigenvalue weighted by Crippen LogP contribution is -2.57. The van der Waals surface area contributed by atoms with Crippen LogP contribution in [0.25, 0.3) is 0 Å². The monoisotopic (exact) mass is 505 g/mol. The van der Waals surface area contributed by atoms with Gasteiger partial charge in [-0.3, -0.25) is 25.0 Å². The second-order valence-corrected chi connectivity index (χ2v) is 8.79. The molecule has 1 unspecified atom stereocenters. The molecule has 2 aromatic rings. The van der Waals surface area contributed by atoms with Crippen LogP contribution >= 0.6 is 47.0 Å². The summed E-state index contributed by atoms with van der Waals surface area (Å²) in [5.74, 6) is -0.957. The molecule has 10 nitrogen and oxygen atoms in total. The third kappa shape index (κ3) is 7.47. The van der Waals surface area contributed by atoms with Gasteiger partial charge in [-0.25, -0.2) is 0 Å². The normalized spacial score (nSPS) is 11.8. The standard InChI is InChI=1S/C17H14Cl3N5O5S/c18-17(19,20)15(23-16(31)21-9-10-4-2-1-3-5-10)22-14(26)11-6-12(24(27)28)8-13(7-11)25(29)30/h1-8,15H,9H2,(H,22,26)(H2,21,23,31). The summed E-state index contributed by atoms with van der Waals surface area (Å²) in [5.41, 5.74) is -0.731. The number of nitro groups is 2. The molecule has 164 valence electrons. The first-order valence-electron chi connectivity index (χ1n) is 8.37. The predicted octanol–water partition coefficient (Wildman–Crippen LogP) is 3.59. The molecule has 2 aromatic carbocycles. The molecule has 0 aliphatic rings. The number of thiocarbonyl (C=S) groups is 1. The number of nitrogens with zero attached hydrogens (tertiary/aromatic N) is 2. The minimum atomic E-state index is -2.08. The third-order valence-electron chi connectivity index (χ3n) is 3.76. The van der Waals surface area contributed by atoms with Crippen molar-refractivity contribution in [3.8, 4) is 0 Å². The van der Waals surface area contributed by atoms with Gasteiger partial charge in [0.25, 0.3) is 17.3 Å². The molecular weight excluding hydrogens is 493 g/mol. The molecule has 1 amide bonds. The zero-order chi connectivity index (χ0) is 23.2. The van der Waals surface area contributed by atoms with Crippen LogP contribution in [-0.4, -0.2) is 30.8 Å². The van der Waals surface area contributed by atoms with Crippen LogP contribution in [0.1, 0.15) is 15.9 Å². The van der Waals surface area contributed by atoms with Gasteiger partial charge in [-0.1, -0.05) is 65.1 Å². The van der Waals surface area contributed by atoms with Gasteiger partial charge in [-0.05, 0) is 17.8 Å². The largest absolute Gasteiger partial charge is 0.359 e. The Hall–Kier alpha value is -2.73. The van der Waals surface area contributed by atoms with Crippen LogP contribution < -0.4 is 16.0 Å². The first-order valence-corrected chi connectivity index (χ1v) is 9.91. The first kappa shape index (κ1) is 24.5. The summed E-state index contributed by atoms with van der Waals surface area (Å²) in [6.45, 7) is 0.351. The number of amides is 1. The second-order valence-electron chi connectivity index (χ2n) is 6.01. The number of benzene rings is 2. The molecule has 0 aromatic heterocycles. The number of halogens is 3. The summed E-state index contributed by atoms with van der Waals surface area (Å²) >= 11 is 22.9. The van der Waals surface area contributed by atoms with Gasteiger partial charge < -0.3 is 16.0 Å². The minimum Gasteiger partial charge on any atom is -0.359 e. The van der Waals surface area contributed by atoms with E-state index in [-0.39, 0.29) is 10.7 Å². The van der Waals surface area contributed by atoms with E-state index in [9.17, 15) is 25.0 Å². The summed E-state index contributed by atoms with van der Waals surface area (Å²) in [4.78, 5) is 32.9. The molecule has 31 heavy (non-hydrogen) atoms. The third-order valence-corrected chi connectivity index (χ3v) is 4.68. The van der Waals surface area contributed by atoms with Crippen LogP contribution in [0.2, 0.25) is 0 Å². The molecule has 0 aliphatic carbocycles. The number of hydrogen-bond donors (Lipinski definition) is 3. The quantitative estimate of drug-likeness (QED) is 0.170. The maximum absolute atomic E-state index is 12.6. The molecule has 0 radical (unpaired) electrons. The molecule has 3 N–H and O–H groups in total. The van der Waals surface area contributed by atoms with Crippen LogP contribution in [0.4, 0.5) is 11.4 Å². The predicted molar refractivity (Wildman–Crippen MR) is 120 cm³/mol. The number of hydrogen-bond acceptors (Lipinski definition) is 6. The molecule has 14 heteroatoms. The van der Waals surface area contributed by atoms with Gasteiger partial charge in [-0.2, -0.15) is 0 Å². The van der Waals surface area contributed by atoms with Gasteiger partial charge in [-0.15, -0.1) is 0 Å². The highest BCUT2D eigenvalue weighted by atomic mass is 35.6. The highest BCUT2D eigenvalue weighted by Crippen LogP contribution is 2.30. The smallest absolute Gasteiger partial charge is 0.277 e. The molecule has 0 spiro atoms. The lowest BCUT2D eigenvalue weighted by Gasteiger charge is -2.27. The Bertz CT molecular complexity index is 971. The van der Waals surface area contributed by atoms with Crippen molar-refractivity contribution in [1.29, 1.82) is 0 Å². The van der Waals surface area contributed by atoms with Crippen LogP contribution in [0.3, 0.4) is 0 Å². The van der Waals surface area contributed by atoms with E-state index in [1.165, 1.54) is 0 Å². The van der Waals surface area contributed by atoms with Crippen molar-refractivity contribution in [3.63, 3.8) is 0 Å². The van der Waals surface area contributed by atoms with Crippen molar-refractivity contribution in [2.24, 2.45) is 0 Å². The first-order chi connectivity index (χ1) is 14.5. The number of carbonyl (C=O) groups excluding carboxylic acids is 1. The van der Waals surface area contributed by atoms with E-state index in [0.717, 1.165) is 23.8 Å². The van der Waals surface area contributed by atoms with Crippen LogP contribution in [0.15, 0.2) is 48.5 Å². The van der Waals surface area contributed by atoms with Gasteiger partial charge in [0, 0.05) is 18.7 Å². The Morgan fingerprint density at radius 1 is 1.00 bits per heavy atom. The van der Waals surface area contributed by atoms with Crippen molar-refractivity contribution in [1.82, 2.24) is 16.0 Å². The van der Waals surface area contributed by atoms with E-state index in [2.05, 4.69) is 16.0 Å². The molecule has 1 atom stereocenters. The Morgan fingerprint density at radius 3 is 2.03 bits per heavy atom. The molecule has 0 bridgehead atoms. The zero-order valence-corrected chi connectivity index (χ0v) is 18.5. The lowest BCUT2D eigenvalue weighted by atomic mass is 10.1. The molecular formula is C17H14Cl3N5O5S. The van der Waals surface area contributed by atoms with Crippen LogP contribution in [0.5, 0.6) is 0 Å². The lowest BCUT2D eigenvalue weighted by molar-refractivity contribution is -0.394. The Labute approximate surface area is 196 Å². The van der Waals surface area contributed by atoms with Crippen molar-refractivity contribution >= 4 is 69.4 Å². The van der Waals surface area contributed by atoms with Gasteiger partial charge in [0.05, 0.1) is 21.5 Å².